The van der Waals surface area contributed by atoms with Crippen LogP contribution in [-0.4, -0.2) is 64.0 Å². The van der Waals surface area contributed by atoms with Crippen LogP contribution in [-0.2, 0) is 6.55 Å². The van der Waals surface area contributed by atoms with Gasteiger partial charge in [0.25, 0.3) is 0 Å². The summed E-state index contributed by atoms with van der Waals surface area (Å²) in [4.78, 5) is 13.8. The molecule has 0 bridgehead atoms. The van der Waals surface area contributed by atoms with Crippen LogP contribution < -0.4 is 0 Å². The van der Waals surface area contributed by atoms with Gasteiger partial charge < -0.3 is 9.54 Å². The third kappa shape index (κ3) is 2.98. The first-order valence-corrected chi connectivity index (χ1v) is 9.47. The van der Waals surface area contributed by atoms with Crippen molar-refractivity contribution in [2.24, 2.45) is 6.55 Å². The van der Waals surface area contributed by atoms with Gasteiger partial charge in [-0.1, -0.05) is 5.17 Å². The second-order valence-electron chi connectivity index (χ2n) is 4.11. The summed E-state index contributed by atoms with van der Waals surface area (Å²) in [6, 6.07) is 0. The zero-order valence-electron chi connectivity index (χ0n) is 11.3. The molecule has 1 aromatic heterocycles. The van der Waals surface area contributed by atoms with Gasteiger partial charge in [0.05, 0.1) is 0 Å². The van der Waals surface area contributed by atoms with Gasteiger partial charge in [-0.2, -0.15) is 0 Å². The maximum absolute atomic E-state index is 12.1. The van der Waals surface area contributed by atoms with Crippen molar-refractivity contribution >= 4 is 40.4 Å². The molecule has 6 heteroatoms. The van der Waals surface area contributed by atoms with Crippen LogP contribution in [0.1, 0.15) is 16.4 Å². The Morgan fingerprint density at radius 2 is 1.75 bits per heavy atom. The first-order valence-electron chi connectivity index (χ1n) is 5.02. The first-order chi connectivity index (χ1) is 6.86. The number of rotatable bonds is 1. The van der Waals surface area contributed by atoms with E-state index in [1.807, 2.05) is 21.0 Å². The summed E-state index contributed by atoms with van der Waals surface area (Å²) in [5.74, 6) is 0. The van der Waals surface area contributed by atoms with Crippen molar-refractivity contribution < 1.29 is 4.79 Å². The van der Waals surface area contributed by atoms with E-state index in [1.54, 1.807) is 4.90 Å². The molecule has 0 fully saturated rings. The fraction of sp³-hybridized carbons (Fsp3) is 0.600. The molecule has 1 aromatic rings. The van der Waals surface area contributed by atoms with E-state index >= 15 is 0 Å². The molecule has 0 atom stereocenters. The van der Waals surface area contributed by atoms with Gasteiger partial charge in [-0.25, -0.2) is 0 Å². The Bertz CT molecular complexity index is 422. The largest absolute Gasteiger partial charge is 0.350 e. The van der Waals surface area contributed by atoms with E-state index < -0.39 is 16.0 Å². The van der Waals surface area contributed by atoms with Gasteiger partial charge in [-0.05, 0) is 32.9 Å². The number of carbonyl (C=O) groups is 1. The number of aryl methyl sites for hydroxylation is 2. The third-order valence-electron chi connectivity index (χ3n) is 2.80. The van der Waals surface area contributed by atoms with Crippen molar-refractivity contribution in [1.82, 2.24) is 9.54 Å². The minimum Gasteiger partial charge on any atom is -0.350 e. The molecule has 0 aliphatic heterocycles. The van der Waals surface area contributed by atoms with Gasteiger partial charge in [-0.3, -0.25) is 4.79 Å². The van der Waals surface area contributed by atoms with Gasteiger partial charge in [0.1, 0.15) is 8.07 Å². The summed E-state index contributed by atoms with van der Waals surface area (Å²) in [6.45, 7) is 8.39. The van der Waals surface area contributed by atoms with Crippen LogP contribution in [0.3, 0.4) is 0 Å². The Morgan fingerprint density at radius 3 is 2.19 bits per heavy atom. The molecule has 0 N–H and O–H groups in total. The number of hydrogen-bond acceptors (Lipinski definition) is 2. The minimum absolute atomic E-state index is 0. The van der Waals surface area contributed by atoms with Crippen LogP contribution in [0.5, 0.6) is 0 Å². The van der Waals surface area contributed by atoms with Crippen LogP contribution in [0.15, 0.2) is 0 Å². The zero-order valence-corrected chi connectivity index (χ0v) is 13.3. The third-order valence-corrected chi connectivity index (χ3v) is 10.5. The molecule has 1 rings (SSSR count). The molecule has 0 saturated heterocycles. The standard InChI is InChI=1S/C10H18N2OSi2.Li/c1-7-8(2)11-14(6)15(9(7)3)10(13)12(4)5;/h1-6H3;. The van der Waals surface area contributed by atoms with E-state index in [1.165, 1.54) is 10.7 Å². The van der Waals surface area contributed by atoms with Crippen molar-refractivity contribution in [3.8, 4) is 0 Å². The molecule has 1 amide bonds. The fourth-order valence-corrected chi connectivity index (χ4v) is 9.25. The number of carbonyl (C=O) groups excluding carboxylic acids is 1. The predicted octanol–water partition coefficient (Wildman–Crippen LogP) is 0.744. The minimum atomic E-state index is -1.08. The van der Waals surface area contributed by atoms with Gasteiger partial charge >= 0.3 is 0 Å². The van der Waals surface area contributed by atoms with E-state index in [2.05, 4.69) is 25.0 Å². The van der Waals surface area contributed by atoms with Gasteiger partial charge in [0.2, 0.25) is 5.53 Å². The maximum atomic E-state index is 12.1. The SMILES string of the molecule is Cc1n[si](C)[si](C(=O)N(C)C)c(C)c1C.[Li]. The van der Waals surface area contributed by atoms with Crippen LogP contribution in [0, 0.1) is 20.8 Å². The Kier molecular flexibility index (Phi) is 5.98. The average Bonchev–Trinajstić information content (AvgIpc) is 2.14. The molecule has 1 heterocycles. The summed E-state index contributed by atoms with van der Waals surface area (Å²) in [5, 5.41) is 1.31. The van der Waals surface area contributed by atoms with Crippen molar-refractivity contribution in [3.63, 3.8) is 0 Å². The Labute approximate surface area is 112 Å². The number of aromatic nitrogens is 1. The molecule has 0 aromatic carbocycles. The monoisotopic (exact) mass is 245 g/mol. The molecule has 16 heavy (non-hydrogen) atoms. The number of hydrogen-bond donors (Lipinski definition) is 0. The first kappa shape index (κ1) is 15.9. The number of nitrogens with zero attached hydrogens (tertiary/aromatic N) is 2. The second kappa shape index (κ2) is 6.01. The molecule has 0 unspecified atom stereocenters. The number of amides is 1. The smallest absolute Gasteiger partial charge is 0.216 e. The topological polar surface area (TPSA) is 33.2 Å². The van der Waals surface area contributed by atoms with Crippen molar-refractivity contribution in [2.75, 3.05) is 14.1 Å². The summed E-state index contributed by atoms with van der Waals surface area (Å²) in [5.41, 5.74) is 2.66. The summed E-state index contributed by atoms with van der Waals surface area (Å²) < 4.78 is 4.66. The quantitative estimate of drug-likeness (QED) is 0.684. The molecule has 0 spiro atoms. The van der Waals surface area contributed by atoms with Crippen LogP contribution >= 0.6 is 0 Å². The maximum Gasteiger partial charge on any atom is 0.216 e. The van der Waals surface area contributed by atoms with Crippen LogP contribution in [0.25, 0.3) is 0 Å². The van der Waals surface area contributed by atoms with Crippen molar-refractivity contribution in [1.29, 1.82) is 0 Å². The Morgan fingerprint density at radius 1 is 1.25 bits per heavy atom. The molecule has 0 aliphatic carbocycles. The summed E-state index contributed by atoms with van der Waals surface area (Å²) in [7, 11) is 1.73. The van der Waals surface area contributed by atoms with Crippen LogP contribution in [0.2, 0.25) is 0 Å². The second-order valence-corrected chi connectivity index (χ2v) is 11.1. The van der Waals surface area contributed by atoms with Gasteiger partial charge in [0, 0.05) is 38.6 Å². The molecule has 0 aliphatic rings. The fourth-order valence-electron chi connectivity index (χ4n) is 1.66. The van der Waals surface area contributed by atoms with Gasteiger partial charge in [0.15, 0.2) is 7.90 Å². The van der Waals surface area contributed by atoms with E-state index in [0.717, 1.165) is 5.69 Å². The van der Waals surface area contributed by atoms with Crippen molar-refractivity contribution in [3.05, 3.63) is 16.4 Å². The summed E-state index contributed by atoms with van der Waals surface area (Å²) >= 11 is 0. The van der Waals surface area contributed by atoms with Gasteiger partial charge in [-0.15, -0.1) is 0 Å². The summed E-state index contributed by atoms with van der Waals surface area (Å²) in [6.07, 6.45) is 0. The van der Waals surface area contributed by atoms with E-state index in [4.69, 9.17) is 0 Å². The molecular weight excluding hydrogens is 227 g/mol. The average molecular weight is 245 g/mol. The zero-order chi connectivity index (χ0) is 11.7. The molecule has 3 nitrogen and oxygen atoms in total. The molecule has 1 radical (unpaired) electrons. The Hall–Kier alpha value is -0.0888. The molecule has 83 valence electrons. The Balaban J connectivity index is 0.00000225. The van der Waals surface area contributed by atoms with E-state index in [-0.39, 0.29) is 18.9 Å². The predicted molar refractivity (Wildman–Crippen MR) is 71.6 cm³/mol. The van der Waals surface area contributed by atoms with E-state index in [9.17, 15) is 4.79 Å². The van der Waals surface area contributed by atoms with Crippen molar-refractivity contribution in [2.45, 2.75) is 20.8 Å². The molecular formula is C10H18LiN2OSi2. The normalized spacial score (nSPS) is 9.62. The molecule has 0 saturated carbocycles. The van der Waals surface area contributed by atoms with Crippen LogP contribution in [0.4, 0.5) is 4.79 Å². The van der Waals surface area contributed by atoms with E-state index in [0.29, 0.717) is 5.53 Å².